The Hall–Kier alpha value is -0.420. The number of ether oxygens (including phenoxy) is 3. The highest BCUT2D eigenvalue weighted by Gasteiger charge is 2.42. The number of methoxy groups -OCH3 is 2. The van der Waals surface area contributed by atoms with Gasteiger partial charge in [-0.2, -0.15) is 0 Å². The first-order chi connectivity index (χ1) is 8.18. The van der Waals surface area contributed by atoms with Gasteiger partial charge in [0.2, 0.25) is 5.79 Å². The standard InChI is InChI=1S/C13H24O4/c1-4-5-6-7-8-11(14)13(16-3)10-9-12(15-2)17-13/h9-12,14H,4-8H2,1-3H3. The van der Waals surface area contributed by atoms with Crippen LogP contribution in [0.1, 0.15) is 39.0 Å². The van der Waals surface area contributed by atoms with Gasteiger partial charge in [-0.15, -0.1) is 0 Å². The number of hydrogen-bond acceptors (Lipinski definition) is 4. The number of aliphatic hydroxyl groups is 1. The lowest BCUT2D eigenvalue weighted by Crippen LogP contribution is -2.44. The molecule has 1 aliphatic rings. The van der Waals surface area contributed by atoms with Gasteiger partial charge < -0.3 is 19.3 Å². The number of hydrogen-bond donors (Lipinski definition) is 1. The summed E-state index contributed by atoms with van der Waals surface area (Å²) in [5.74, 6) is -1.03. The predicted molar refractivity (Wildman–Crippen MR) is 65.5 cm³/mol. The van der Waals surface area contributed by atoms with E-state index in [1.807, 2.05) is 0 Å². The maximum absolute atomic E-state index is 10.2. The lowest BCUT2D eigenvalue weighted by atomic mass is 10.0. The van der Waals surface area contributed by atoms with Crippen molar-refractivity contribution in [1.29, 1.82) is 0 Å². The molecule has 0 aliphatic carbocycles. The molecule has 1 rings (SSSR count). The van der Waals surface area contributed by atoms with Crippen molar-refractivity contribution in [1.82, 2.24) is 0 Å². The average Bonchev–Trinajstić information content (AvgIpc) is 2.79. The number of rotatable bonds is 8. The Labute approximate surface area is 104 Å². The SMILES string of the molecule is CCCCCCC(O)C1(OC)C=CC(OC)O1. The monoisotopic (exact) mass is 244 g/mol. The molecule has 1 heterocycles. The summed E-state index contributed by atoms with van der Waals surface area (Å²) in [6.45, 7) is 2.17. The van der Waals surface area contributed by atoms with Crippen LogP contribution >= 0.6 is 0 Å². The Morgan fingerprint density at radius 3 is 2.65 bits per heavy atom. The van der Waals surface area contributed by atoms with E-state index in [-0.39, 0.29) is 0 Å². The zero-order valence-electron chi connectivity index (χ0n) is 11.0. The van der Waals surface area contributed by atoms with Crippen LogP contribution in [-0.2, 0) is 14.2 Å². The molecule has 0 saturated carbocycles. The molecule has 0 amide bonds. The third-order valence-corrected chi connectivity index (χ3v) is 3.13. The van der Waals surface area contributed by atoms with Gasteiger partial charge >= 0.3 is 0 Å². The Balaban J connectivity index is 2.42. The van der Waals surface area contributed by atoms with Crippen molar-refractivity contribution in [3.8, 4) is 0 Å². The van der Waals surface area contributed by atoms with Gasteiger partial charge in [0, 0.05) is 14.2 Å². The van der Waals surface area contributed by atoms with Crippen molar-refractivity contribution in [2.24, 2.45) is 0 Å². The lowest BCUT2D eigenvalue weighted by molar-refractivity contribution is -0.279. The quantitative estimate of drug-likeness (QED) is 0.525. The first-order valence-electron chi connectivity index (χ1n) is 6.31. The molecule has 0 radical (unpaired) electrons. The fourth-order valence-corrected chi connectivity index (χ4v) is 2.01. The molecule has 0 spiro atoms. The molecular weight excluding hydrogens is 220 g/mol. The van der Waals surface area contributed by atoms with Crippen molar-refractivity contribution in [3.05, 3.63) is 12.2 Å². The minimum Gasteiger partial charge on any atom is -0.387 e. The molecule has 1 aliphatic heterocycles. The first kappa shape index (κ1) is 14.6. The summed E-state index contributed by atoms with van der Waals surface area (Å²) in [5, 5.41) is 10.2. The second kappa shape index (κ2) is 7.11. The van der Waals surface area contributed by atoms with E-state index in [0.717, 1.165) is 12.8 Å². The molecular formula is C13H24O4. The maximum atomic E-state index is 10.2. The van der Waals surface area contributed by atoms with Crippen LogP contribution in [0, 0.1) is 0 Å². The first-order valence-corrected chi connectivity index (χ1v) is 6.31. The van der Waals surface area contributed by atoms with Gasteiger partial charge in [0.1, 0.15) is 6.10 Å². The van der Waals surface area contributed by atoms with E-state index < -0.39 is 18.2 Å². The van der Waals surface area contributed by atoms with Gasteiger partial charge in [-0.05, 0) is 18.6 Å². The molecule has 4 heteroatoms. The van der Waals surface area contributed by atoms with Gasteiger partial charge in [0.05, 0.1) is 0 Å². The largest absolute Gasteiger partial charge is 0.387 e. The third kappa shape index (κ3) is 3.78. The molecule has 4 nitrogen and oxygen atoms in total. The number of aliphatic hydroxyl groups excluding tert-OH is 1. The molecule has 0 saturated heterocycles. The molecule has 0 aromatic heterocycles. The zero-order valence-corrected chi connectivity index (χ0v) is 11.0. The summed E-state index contributed by atoms with van der Waals surface area (Å²) in [5.41, 5.74) is 0. The van der Waals surface area contributed by atoms with Crippen molar-refractivity contribution < 1.29 is 19.3 Å². The van der Waals surface area contributed by atoms with E-state index >= 15 is 0 Å². The fraction of sp³-hybridized carbons (Fsp3) is 0.846. The molecule has 17 heavy (non-hydrogen) atoms. The van der Waals surface area contributed by atoms with E-state index in [9.17, 15) is 5.11 Å². The zero-order chi connectivity index (χ0) is 12.7. The molecule has 100 valence electrons. The second-order valence-corrected chi connectivity index (χ2v) is 4.37. The Kier molecular flexibility index (Phi) is 6.12. The highest BCUT2D eigenvalue weighted by Crippen LogP contribution is 2.30. The summed E-state index contributed by atoms with van der Waals surface area (Å²) >= 11 is 0. The van der Waals surface area contributed by atoms with E-state index in [1.165, 1.54) is 20.0 Å². The summed E-state index contributed by atoms with van der Waals surface area (Å²) in [6, 6.07) is 0. The van der Waals surface area contributed by atoms with Crippen LogP contribution in [0.15, 0.2) is 12.2 Å². The molecule has 0 fully saturated rings. The van der Waals surface area contributed by atoms with Gasteiger partial charge in [-0.3, -0.25) is 0 Å². The topological polar surface area (TPSA) is 47.9 Å². The average molecular weight is 244 g/mol. The summed E-state index contributed by atoms with van der Waals surface area (Å²) in [6.07, 6.45) is 7.59. The van der Waals surface area contributed by atoms with Crippen LogP contribution in [0.5, 0.6) is 0 Å². The lowest BCUT2D eigenvalue weighted by Gasteiger charge is -2.31. The van der Waals surface area contributed by atoms with Gasteiger partial charge in [0.25, 0.3) is 0 Å². The van der Waals surface area contributed by atoms with E-state index in [4.69, 9.17) is 14.2 Å². The van der Waals surface area contributed by atoms with Gasteiger partial charge in [-0.25, -0.2) is 0 Å². The second-order valence-electron chi connectivity index (χ2n) is 4.37. The number of unbranched alkanes of at least 4 members (excludes halogenated alkanes) is 3. The molecule has 0 aromatic rings. The Morgan fingerprint density at radius 2 is 2.12 bits per heavy atom. The van der Waals surface area contributed by atoms with Crippen LogP contribution in [0.25, 0.3) is 0 Å². The Bertz CT molecular complexity index is 242. The summed E-state index contributed by atoms with van der Waals surface area (Å²) in [4.78, 5) is 0. The molecule has 0 bridgehead atoms. The highest BCUT2D eigenvalue weighted by molar-refractivity contribution is 5.08. The van der Waals surface area contributed by atoms with Crippen molar-refractivity contribution in [3.63, 3.8) is 0 Å². The molecule has 0 aromatic carbocycles. The van der Waals surface area contributed by atoms with Crippen LogP contribution in [-0.4, -0.2) is 37.5 Å². The minimum atomic E-state index is -1.03. The van der Waals surface area contributed by atoms with Gasteiger partial charge in [0.15, 0.2) is 6.29 Å². The molecule has 1 N–H and O–H groups in total. The highest BCUT2D eigenvalue weighted by atomic mass is 16.8. The van der Waals surface area contributed by atoms with Crippen LogP contribution in [0.2, 0.25) is 0 Å². The van der Waals surface area contributed by atoms with Gasteiger partial charge in [-0.1, -0.05) is 32.6 Å². The molecule has 3 atom stereocenters. The summed E-state index contributed by atoms with van der Waals surface area (Å²) < 4.78 is 15.9. The van der Waals surface area contributed by atoms with E-state index in [1.54, 1.807) is 19.3 Å². The van der Waals surface area contributed by atoms with Crippen LogP contribution in [0.4, 0.5) is 0 Å². The minimum absolute atomic E-state index is 0.430. The maximum Gasteiger partial charge on any atom is 0.217 e. The fourth-order valence-electron chi connectivity index (χ4n) is 2.01. The van der Waals surface area contributed by atoms with Crippen LogP contribution < -0.4 is 0 Å². The molecule has 3 unspecified atom stereocenters. The van der Waals surface area contributed by atoms with E-state index in [0.29, 0.717) is 6.42 Å². The smallest absolute Gasteiger partial charge is 0.217 e. The van der Waals surface area contributed by atoms with E-state index in [2.05, 4.69) is 6.92 Å². The van der Waals surface area contributed by atoms with Crippen molar-refractivity contribution >= 4 is 0 Å². The summed E-state index contributed by atoms with van der Waals surface area (Å²) in [7, 11) is 3.10. The van der Waals surface area contributed by atoms with Crippen LogP contribution in [0.3, 0.4) is 0 Å². The normalized spacial score (nSPS) is 29.8. The Morgan fingerprint density at radius 1 is 1.35 bits per heavy atom. The van der Waals surface area contributed by atoms with Crippen molar-refractivity contribution in [2.45, 2.75) is 57.2 Å². The predicted octanol–water partition coefficient (Wildman–Crippen LogP) is 2.22. The third-order valence-electron chi connectivity index (χ3n) is 3.13. The van der Waals surface area contributed by atoms with Crippen molar-refractivity contribution in [2.75, 3.05) is 14.2 Å².